The molecule has 0 aromatic heterocycles. The summed E-state index contributed by atoms with van der Waals surface area (Å²) in [5, 5.41) is 2.97. The number of carbonyl (C=O) groups is 2. The highest BCUT2D eigenvalue weighted by molar-refractivity contribution is 7.83. The number of ether oxygens (including phenoxy) is 1. The lowest BCUT2D eigenvalue weighted by Crippen LogP contribution is -2.33. The number of benzene rings is 3. The molecule has 0 heterocycles. The topological polar surface area (TPSA) is 72.5 Å². The Kier molecular flexibility index (Phi) is 8.12. The lowest BCUT2D eigenvalue weighted by molar-refractivity contribution is -0.125. The van der Waals surface area contributed by atoms with Gasteiger partial charge in [0.15, 0.2) is 6.61 Å². The molecule has 0 aliphatic heterocycles. The first kappa shape index (κ1) is 22.4. The molecule has 0 fully saturated rings. The van der Waals surface area contributed by atoms with Gasteiger partial charge < -0.3 is 10.1 Å². The Morgan fingerprint density at radius 1 is 0.903 bits per heavy atom. The summed E-state index contributed by atoms with van der Waals surface area (Å²) in [5.41, 5.74) is 3.19. The number of esters is 1. The molecule has 6 heteroatoms. The van der Waals surface area contributed by atoms with Gasteiger partial charge in [0.05, 0.1) is 11.6 Å². The molecule has 0 radical (unpaired) electrons. The predicted octanol–water partition coefficient (Wildman–Crippen LogP) is 3.82. The van der Waals surface area contributed by atoms with E-state index in [1.54, 1.807) is 30.5 Å². The largest absolute Gasteiger partial charge is 0.452 e. The van der Waals surface area contributed by atoms with Crippen LogP contribution in [-0.2, 0) is 32.5 Å². The van der Waals surface area contributed by atoms with Crippen LogP contribution in [-0.4, -0.2) is 28.9 Å². The van der Waals surface area contributed by atoms with Crippen molar-refractivity contribution in [1.29, 1.82) is 0 Å². The monoisotopic (exact) mass is 435 g/mol. The molecule has 160 valence electrons. The van der Waals surface area contributed by atoms with Crippen molar-refractivity contribution in [3.63, 3.8) is 0 Å². The van der Waals surface area contributed by atoms with E-state index in [4.69, 9.17) is 4.74 Å². The van der Waals surface area contributed by atoms with Gasteiger partial charge >= 0.3 is 5.97 Å². The second kappa shape index (κ2) is 11.2. The van der Waals surface area contributed by atoms with E-state index in [1.807, 2.05) is 60.7 Å². The molecule has 3 aromatic rings. The van der Waals surface area contributed by atoms with E-state index in [1.165, 1.54) is 0 Å². The molecule has 0 saturated carbocycles. The third kappa shape index (κ3) is 7.19. The van der Waals surface area contributed by atoms with Crippen molar-refractivity contribution in [2.24, 2.45) is 0 Å². The van der Waals surface area contributed by atoms with Crippen molar-refractivity contribution in [3.8, 4) is 0 Å². The highest BCUT2D eigenvalue weighted by Gasteiger charge is 2.17. The fraction of sp³-hybridized carbons (Fsp3) is 0.200. The van der Waals surface area contributed by atoms with E-state index in [9.17, 15) is 13.8 Å². The van der Waals surface area contributed by atoms with Gasteiger partial charge in [0.1, 0.15) is 0 Å². The highest BCUT2D eigenvalue weighted by Crippen LogP contribution is 2.18. The third-order valence-electron chi connectivity index (χ3n) is 4.69. The van der Waals surface area contributed by atoms with Crippen LogP contribution in [0.1, 0.15) is 33.1 Å². The lowest BCUT2D eigenvalue weighted by Gasteiger charge is -2.19. The van der Waals surface area contributed by atoms with Gasteiger partial charge in [0, 0.05) is 22.8 Å². The molecular weight excluding hydrogens is 410 g/mol. The Bertz CT molecular complexity index is 1040. The van der Waals surface area contributed by atoms with Crippen molar-refractivity contribution < 1.29 is 18.5 Å². The quantitative estimate of drug-likeness (QED) is 0.519. The summed E-state index contributed by atoms with van der Waals surface area (Å²) in [6.45, 7) is -0.374. The summed E-state index contributed by atoms with van der Waals surface area (Å²) in [5.74, 6) is -0.595. The lowest BCUT2D eigenvalue weighted by atomic mass is 9.99. The molecule has 2 atom stereocenters. The van der Waals surface area contributed by atoms with Crippen molar-refractivity contribution in [2.75, 3.05) is 12.9 Å². The van der Waals surface area contributed by atoms with Gasteiger partial charge in [-0.3, -0.25) is 9.00 Å². The van der Waals surface area contributed by atoms with Crippen molar-refractivity contribution >= 4 is 22.7 Å². The molecule has 0 aliphatic rings. The molecule has 0 bridgehead atoms. The van der Waals surface area contributed by atoms with Crippen LogP contribution >= 0.6 is 0 Å². The number of amides is 1. The van der Waals surface area contributed by atoms with Gasteiger partial charge in [-0.05, 0) is 35.2 Å². The second-order valence-corrected chi connectivity index (χ2v) is 8.65. The first-order valence-electron chi connectivity index (χ1n) is 9.95. The van der Waals surface area contributed by atoms with E-state index >= 15 is 0 Å². The Hall–Kier alpha value is -3.25. The normalized spacial score (nSPS) is 12.5. The second-order valence-electron chi connectivity index (χ2n) is 7.21. The molecule has 2 unspecified atom stereocenters. The maximum Gasteiger partial charge on any atom is 0.338 e. The van der Waals surface area contributed by atoms with Crippen LogP contribution in [0.25, 0.3) is 0 Å². The molecule has 3 aromatic carbocycles. The van der Waals surface area contributed by atoms with E-state index in [2.05, 4.69) is 5.32 Å². The van der Waals surface area contributed by atoms with Crippen LogP contribution in [0.2, 0.25) is 0 Å². The van der Waals surface area contributed by atoms with E-state index in [0.717, 1.165) is 16.7 Å². The van der Waals surface area contributed by atoms with Gasteiger partial charge in [-0.2, -0.15) is 0 Å². The van der Waals surface area contributed by atoms with Crippen LogP contribution in [0.5, 0.6) is 0 Å². The Morgan fingerprint density at radius 3 is 2.23 bits per heavy atom. The third-order valence-corrected chi connectivity index (χ3v) is 5.43. The van der Waals surface area contributed by atoms with E-state index in [-0.39, 0.29) is 18.6 Å². The maximum atomic E-state index is 12.5. The first-order chi connectivity index (χ1) is 15.0. The molecule has 31 heavy (non-hydrogen) atoms. The smallest absolute Gasteiger partial charge is 0.338 e. The molecule has 0 saturated heterocycles. The fourth-order valence-corrected chi connectivity index (χ4v) is 3.91. The fourth-order valence-electron chi connectivity index (χ4n) is 3.26. The number of rotatable bonds is 9. The Morgan fingerprint density at radius 2 is 1.55 bits per heavy atom. The number of hydrogen-bond acceptors (Lipinski definition) is 4. The molecule has 0 spiro atoms. The minimum Gasteiger partial charge on any atom is -0.452 e. The van der Waals surface area contributed by atoms with Crippen molar-refractivity contribution in [3.05, 3.63) is 107 Å². The van der Waals surface area contributed by atoms with Crippen LogP contribution in [0, 0.1) is 0 Å². The zero-order valence-corrected chi connectivity index (χ0v) is 18.1. The first-order valence-corrected chi connectivity index (χ1v) is 11.7. The molecule has 1 N–H and O–H groups in total. The standard InChI is InChI=1S/C25H25NO4S/c1-31(29)18-20-11-8-14-22(15-20)25(28)30-17-24(27)26-23(21-12-6-3-7-13-21)16-19-9-4-2-5-10-19/h2-15,23H,16-18H2,1H3,(H,26,27). The minimum atomic E-state index is -1.01. The van der Waals surface area contributed by atoms with Gasteiger partial charge in [0.25, 0.3) is 5.91 Å². The van der Waals surface area contributed by atoms with Gasteiger partial charge in [-0.1, -0.05) is 72.8 Å². The van der Waals surface area contributed by atoms with Crippen molar-refractivity contribution in [1.82, 2.24) is 5.32 Å². The van der Waals surface area contributed by atoms with Crippen molar-refractivity contribution in [2.45, 2.75) is 18.2 Å². The van der Waals surface area contributed by atoms with Crippen LogP contribution in [0.3, 0.4) is 0 Å². The SMILES string of the molecule is CS(=O)Cc1cccc(C(=O)OCC(=O)NC(Cc2ccccc2)c2ccccc2)c1. The average Bonchev–Trinajstić information content (AvgIpc) is 2.78. The van der Waals surface area contributed by atoms with Gasteiger partial charge in [-0.25, -0.2) is 4.79 Å². The highest BCUT2D eigenvalue weighted by atomic mass is 32.2. The predicted molar refractivity (Wildman–Crippen MR) is 122 cm³/mol. The van der Waals surface area contributed by atoms with E-state index in [0.29, 0.717) is 17.7 Å². The Labute approximate surface area is 184 Å². The summed E-state index contributed by atoms with van der Waals surface area (Å²) in [6, 6.07) is 26.1. The van der Waals surface area contributed by atoms with Crippen LogP contribution in [0.15, 0.2) is 84.9 Å². The number of carbonyl (C=O) groups excluding carboxylic acids is 2. The summed E-state index contributed by atoms with van der Waals surface area (Å²) < 4.78 is 16.6. The molecular formula is C25H25NO4S. The summed E-state index contributed by atoms with van der Waals surface area (Å²) >= 11 is 0. The minimum absolute atomic E-state index is 0.238. The average molecular weight is 436 g/mol. The Balaban J connectivity index is 1.62. The van der Waals surface area contributed by atoms with E-state index < -0.39 is 16.8 Å². The van der Waals surface area contributed by atoms with Crippen LogP contribution in [0.4, 0.5) is 0 Å². The molecule has 3 rings (SSSR count). The zero-order valence-electron chi connectivity index (χ0n) is 17.3. The summed E-state index contributed by atoms with van der Waals surface area (Å²) in [6.07, 6.45) is 2.23. The maximum absolute atomic E-state index is 12.5. The zero-order chi connectivity index (χ0) is 22.1. The molecule has 0 aliphatic carbocycles. The van der Waals surface area contributed by atoms with Crippen LogP contribution < -0.4 is 5.32 Å². The number of hydrogen-bond donors (Lipinski definition) is 1. The summed E-state index contributed by atoms with van der Waals surface area (Å²) in [7, 11) is -1.01. The van der Waals surface area contributed by atoms with Gasteiger partial charge in [-0.15, -0.1) is 0 Å². The summed E-state index contributed by atoms with van der Waals surface area (Å²) in [4.78, 5) is 24.9. The molecule has 1 amide bonds. The molecule has 5 nitrogen and oxygen atoms in total. The number of nitrogens with one attached hydrogen (secondary N) is 1. The van der Waals surface area contributed by atoms with Gasteiger partial charge in [0.2, 0.25) is 0 Å².